The molecule has 0 spiro atoms. The first-order valence-electron chi connectivity index (χ1n) is 9.80. The molecule has 5 aromatic rings. The van der Waals surface area contributed by atoms with Crippen molar-refractivity contribution < 1.29 is 4.42 Å². The molecule has 3 aromatic carbocycles. The minimum Gasteiger partial charge on any atom is -0.422 e. The van der Waals surface area contributed by atoms with Gasteiger partial charge in [-0.1, -0.05) is 54.2 Å². The number of rotatable bonds is 4. The van der Waals surface area contributed by atoms with Gasteiger partial charge >= 0.3 is 5.63 Å². The van der Waals surface area contributed by atoms with Crippen LogP contribution in [0.25, 0.3) is 27.7 Å². The summed E-state index contributed by atoms with van der Waals surface area (Å²) < 4.78 is 7.69. The Hall–Kier alpha value is -3.31. The molecule has 5 heteroatoms. The van der Waals surface area contributed by atoms with E-state index < -0.39 is 0 Å². The van der Waals surface area contributed by atoms with Gasteiger partial charge in [-0.05, 0) is 54.8 Å². The maximum atomic E-state index is 12.2. The summed E-state index contributed by atoms with van der Waals surface area (Å²) in [6.45, 7) is 4.02. The number of nitrogens with zero attached hydrogens (tertiary/aromatic N) is 2. The Morgan fingerprint density at radius 1 is 0.967 bits per heavy atom. The molecule has 2 heterocycles. The molecule has 5 rings (SSSR count). The highest BCUT2D eigenvalue weighted by molar-refractivity contribution is 7.98. The molecule has 0 atom stereocenters. The van der Waals surface area contributed by atoms with Crippen LogP contribution < -0.4 is 5.63 Å². The quantitative estimate of drug-likeness (QED) is 0.267. The lowest BCUT2D eigenvalue weighted by atomic mass is 10.0. The van der Waals surface area contributed by atoms with Crippen LogP contribution in [0.15, 0.2) is 87.2 Å². The van der Waals surface area contributed by atoms with Crippen molar-refractivity contribution in [2.75, 3.05) is 0 Å². The van der Waals surface area contributed by atoms with E-state index in [1.54, 1.807) is 17.8 Å². The molecule has 0 aliphatic carbocycles. The van der Waals surface area contributed by atoms with Crippen molar-refractivity contribution in [3.63, 3.8) is 0 Å². The molecule has 0 saturated carbocycles. The standard InChI is InChI=1S/C25H20N2O2S/c1-16-12-13-20-18(14-23(28)29-24(20)17(16)2)15-30-25-26-21-10-6-7-11-22(21)27(25)19-8-4-3-5-9-19/h3-14H,15H2,1-2H3. The smallest absolute Gasteiger partial charge is 0.336 e. The third kappa shape index (κ3) is 3.21. The Bertz CT molecular complexity index is 1430. The van der Waals surface area contributed by atoms with Gasteiger partial charge < -0.3 is 4.42 Å². The largest absolute Gasteiger partial charge is 0.422 e. The third-order valence-corrected chi connectivity index (χ3v) is 6.41. The lowest BCUT2D eigenvalue weighted by Crippen LogP contribution is -2.02. The second-order valence-electron chi connectivity index (χ2n) is 7.32. The number of aryl methyl sites for hydroxylation is 2. The van der Waals surface area contributed by atoms with Crippen molar-refractivity contribution in [1.82, 2.24) is 9.55 Å². The number of para-hydroxylation sites is 3. The minimum absolute atomic E-state index is 0.316. The van der Waals surface area contributed by atoms with Gasteiger partial charge in [0.1, 0.15) is 5.58 Å². The van der Waals surface area contributed by atoms with E-state index in [-0.39, 0.29) is 5.63 Å². The van der Waals surface area contributed by atoms with Crippen molar-refractivity contribution in [2.45, 2.75) is 24.8 Å². The number of thioether (sulfide) groups is 1. The Kier molecular flexibility index (Phi) is 4.68. The van der Waals surface area contributed by atoms with Crippen LogP contribution in [-0.2, 0) is 5.75 Å². The van der Waals surface area contributed by atoms with Gasteiger partial charge in [0.25, 0.3) is 0 Å². The number of fused-ring (bicyclic) bond motifs is 2. The van der Waals surface area contributed by atoms with Crippen LogP contribution >= 0.6 is 11.8 Å². The molecule has 0 fully saturated rings. The van der Waals surface area contributed by atoms with Gasteiger partial charge in [0.05, 0.1) is 11.0 Å². The first-order valence-corrected chi connectivity index (χ1v) is 10.8. The maximum absolute atomic E-state index is 12.2. The summed E-state index contributed by atoms with van der Waals surface area (Å²) in [5.41, 5.74) is 6.52. The molecule has 30 heavy (non-hydrogen) atoms. The Balaban J connectivity index is 1.60. The van der Waals surface area contributed by atoms with Gasteiger partial charge in [0.15, 0.2) is 5.16 Å². The summed E-state index contributed by atoms with van der Waals surface area (Å²) in [7, 11) is 0. The normalized spacial score (nSPS) is 11.4. The van der Waals surface area contributed by atoms with E-state index in [0.717, 1.165) is 44.0 Å². The SMILES string of the molecule is Cc1ccc2c(CSc3nc4ccccc4n3-c3ccccc3)cc(=O)oc2c1C. The van der Waals surface area contributed by atoms with E-state index in [0.29, 0.717) is 11.3 Å². The first-order chi connectivity index (χ1) is 14.6. The maximum Gasteiger partial charge on any atom is 0.336 e. The van der Waals surface area contributed by atoms with Crippen molar-refractivity contribution in [2.24, 2.45) is 0 Å². The summed E-state index contributed by atoms with van der Waals surface area (Å²) in [6, 6.07) is 24.1. The van der Waals surface area contributed by atoms with Gasteiger partial charge in [0.2, 0.25) is 0 Å². The average Bonchev–Trinajstić information content (AvgIpc) is 3.14. The Labute approximate surface area is 178 Å². The molecule has 0 N–H and O–H groups in total. The lowest BCUT2D eigenvalue weighted by molar-refractivity contribution is 0.557. The molecular weight excluding hydrogens is 392 g/mol. The zero-order valence-electron chi connectivity index (χ0n) is 16.8. The number of benzene rings is 3. The lowest BCUT2D eigenvalue weighted by Gasteiger charge is -2.11. The van der Waals surface area contributed by atoms with Crippen molar-refractivity contribution in [3.8, 4) is 5.69 Å². The summed E-state index contributed by atoms with van der Waals surface area (Å²) >= 11 is 1.63. The molecule has 2 aromatic heterocycles. The number of aromatic nitrogens is 2. The molecule has 0 unspecified atom stereocenters. The predicted octanol–water partition coefficient (Wildman–Crippen LogP) is 6.04. The molecule has 4 nitrogen and oxygen atoms in total. The van der Waals surface area contributed by atoms with Crippen LogP contribution in [0.3, 0.4) is 0 Å². The average molecular weight is 413 g/mol. The zero-order chi connectivity index (χ0) is 20.7. The molecule has 0 saturated heterocycles. The molecule has 0 radical (unpaired) electrons. The highest BCUT2D eigenvalue weighted by Crippen LogP contribution is 2.32. The Morgan fingerprint density at radius 2 is 1.73 bits per heavy atom. The highest BCUT2D eigenvalue weighted by atomic mass is 32.2. The van der Waals surface area contributed by atoms with Crippen LogP contribution in [0.5, 0.6) is 0 Å². The monoisotopic (exact) mass is 412 g/mol. The van der Waals surface area contributed by atoms with Crippen molar-refractivity contribution >= 4 is 33.8 Å². The van der Waals surface area contributed by atoms with E-state index in [2.05, 4.69) is 28.8 Å². The molecule has 0 amide bonds. The van der Waals surface area contributed by atoms with E-state index in [1.807, 2.05) is 56.3 Å². The fourth-order valence-corrected chi connectivity index (χ4v) is 4.73. The number of hydrogen-bond acceptors (Lipinski definition) is 4. The second-order valence-corrected chi connectivity index (χ2v) is 8.26. The fourth-order valence-electron chi connectivity index (χ4n) is 3.71. The van der Waals surface area contributed by atoms with Gasteiger partial charge in [0, 0.05) is 22.9 Å². The van der Waals surface area contributed by atoms with Crippen LogP contribution in [0.1, 0.15) is 16.7 Å². The second kappa shape index (κ2) is 7.50. The van der Waals surface area contributed by atoms with Crippen LogP contribution in [-0.4, -0.2) is 9.55 Å². The molecular formula is C25H20N2O2S. The van der Waals surface area contributed by atoms with E-state index in [1.165, 1.54) is 0 Å². The molecule has 148 valence electrons. The molecule has 0 aliphatic rings. The predicted molar refractivity (Wildman–Crippen MR) is 123 cm³/mol. The van der Waals surface area contributed by atoms with Crippen LogP contribution in [0, 0.1) is 13.8 Å². The van der Waals surface area contributed by atoms with Crippen molar-refractivity contribution in [3.05, 3.63) is 99.9 Å². The summed E-state index contributed by atoms with van der Waals surface area (Å²) in [6.07, 6.45) is 0. The third-order valence-electron chi connectivity index (χ3n) is 5.42. The zero-order valence-corrected chi connectivity index (χ0v) is 17.6. The van der Waals surface area contributed by atoms with E-state index in [4.69, 9.17) is 9.40 Å². The summed E-state index contributed by atoms with van der Waals surface area (Å²) in [4.78, 5) is 17.1. The van der Waals surface area contributed by atoms with Gasteiger partial charge in [-0.25, -0.2) is 9.78 Å². The van der Waals surface area contributed by atoms with Crippen LogP contribution in [0.2, 0.25) is 0 Å². The Morgan fingerprint density at radius 3 is 2.57 bits per heavy atom. The molecule has 0 aliphatic heterocycles. The highest BCUT2D eigenvalue weighted by Gasteiger charge is 2.15. The first kappa shape index (κ1) is 18.7. The fraction of sp³-hybridized carbons (Fsp3) is 0.120. The molecule has 0 bridgehead atoms. The number of imidazole rings is 1. The van der Waals surface area contributed by atoms with E-state index in [9.17, 15) is 4.79 Å². The minimum atomic E-state index is -0.316. The number of hydrogen-bond donors (Lipinski definition) is 0. The van der Waals surface area contributed by atoms with Gasteiger partial charge in [-0.2, -0.15) is 0 Å². The van der Waals surface area contributed by atoms with Crippen molar-refractivity contribution in [1.29, 1.82) is 0 Å². The summed E-state index contributed by atoms with van der Waals surface area (Å²) in [5, 5.41) is 1.88. The van der Waals surface area contributed by atoms with E-state index >= 15 is 0 Å². The van der Waals surface area contributed by atoms with Gasteiger partial charge in [-0.15, -0.1) is 0 Å². The van der Waals surface area contributed by atoms with Crippen LogP contribution in [0.4, 0.5) is 0 Å². The van der Waals surface area contributed by atoms with Gasteiger partial charge in [-0.3, -0.25) is 4.57 Å². The summed E-state index contributed by atoms with van der Waals surface area (Å²) in [5.74, 6) is 0.626. The topological polar surface area (TPSA) is 48.0 Å².